The molecule has 0 radical (unpaired) electrons. The first-order valence-corrected chi connectivity index (χ1v) is 27.1. The minimum atomic E-state index is -0.773. The number of ether oxygens (including phenoxy) is 2. The van der Waals surface area contributed by atoms with Gasteiger partial charge in [0, 0.05) is 12.8 Å². The van der Waals surface area contributed by atoms with Gasteiger partial charge in [-0.15, -0.1) is 0 Å². The summed E-state index contributed by atoms with van der Waals surface area (Å²) in [4.78, 5) is 24.4. The van der Waals surface area contributed by atoms with Crippen LogP contribution in [0.1, 0.15) is 258 Å². The molecule has 0 aromatic heterocycles. The highest BCUT2D eigenvalue weighted by Gasteiger charge is 2.16. The van der Waals surface area contributed by atoms with E-state index in [2.05, 4.69) is 98.9 Å². The standard InChI is InChI=1S/C59H102O5/c1-3-5-7-9-11-13-15-17-19-20-21-22-23-24-25-26-27-28-29-30-31-32-33-34-35-36-37-38-40-42-44-46-48-50-52-54-59(62)64-57(55-60)56-63-58(61)53-51-49-47-45-43-41-39-18-16-14-12-10-8-6-4-2/h5,7,11,13,17,19,21-22,24-25,27-28,30-31,57,60H,3-4,6,8-10,12,14-16,18,20,23,26,29,32-56H2,1-2H3/b7-5-,13-11-,19-17-,22-21-,25-24-,28-27-,31-30-. The number of allylic oxidation sites excluding steroid dienone is 14. The van der Waals surface area contributed by atoms with Gasteiger partial charge in [-0.25, -0.2) is 0 Å². The summed E-state index contributed by atoms with van der Waals surface area (Å²) in [6.45, 7) is 4.04. The maximum absolute atomic E-state index is 12.3. The van der Waals surface area contributed by atoms with Crippen LogP contribution in [0.15, 0.2) is 85.1 Å². The lowest BCUT2D eigenvalue weighted by Crippen LogP contribution is -2.28. The van der Waals surface area contributed by atoms with E-state index in [9.17, 15) is 14.7 Å². The molecule has 64 heavy (non-hydrogen) atoms. The van der Waals surface area contributed by atoms with Crippen LogP contribution in [0.2, 0.25) is 0 Å². The predicted octanol–water partition coefficient (Wildman–Crippen LogP) is 18.2. The molecular weight excluding hydrogens is 789 g/mol. The van der Waals surface area contributed by atoms with Crippen LogP contribution in [-0.2, 0) is 19.1 Å². The van der Waals surface area contributed by atoms with Gasteiger partial charge in [0.15, 0.2) is 6.10 Å². The Labute approximate surface area is 396 Å². The van der Waals surface area contributed by atoms with Crippen molar-refractivity contribution in [1.29, 1.82) is 0 Å². The number of aliphatic hydroxyl groups is 1. The molecule has 0 spiro atoms. The average Bonchev–Trinajstić information content (AvgIpc) is 3.30. The van der Waals surface area contributed by atoms with Gasteiger partial charge < -0.3 is 14.6 Å². The SMILES string of the molecule is CC/C=C\C/C=C\C/C=C\C/C=C\C/C=C\C/C=C\C/C=C\CCCCCCCCCCCCCCCC(=O)OC(CO)COC(=O)CCCCCCCCCCCCCCCCC. The first kappa shape index (κ1) is 61.1. The Morgan fingerprint density at radius 3 is 1.02 bits per heavy atom. The fourth-order valence-corrected chi connectivity index (χ4v) is 7.65. The lowest BCUT2D eigenvalue weighted by Gasteiger charge is -2.15. The molecule has 1 atom stereocenters. The molecule has 0 saturated heterocycles. The third-order valence-corrected chi connectivity index (χ3v) is 11.7. The largest absolute Gasteiger partial charge is 0.462 e. The molecule has 5 heteroatoms. The minimum Gasteiger partial charge on any atom is -0.462 e. The number of esters is 2. The zero-order valence-corrected chi connectivity index (χ0v) is 42.0. The molecule has 0 saturated carbocycles. The van der Waals surface area contributed by atoms with Gasteiger partial charge in [-0.1, -0.05) is 259 Å². The van der Waals surface area contributed by atoms with Gasteiger partial charge in [0.2, 0.25) is 0 Å². The van der Waals surface area contributed by atoms with Gasteiger partial charge in [-0.05, 0) is 70.6 Å². The lowest BCUT2D eigenvalue weighted by atomic mass is 10.0. The van der Waals surface area contributed by atoms with Crippen LogP contribution in [0.5, 0.6) is 0 Å². The molecule has 0 aliphatic carbocycles. The Bertz CT molecular complexity index is 1190. The molecular formula is C59H102O5. The van der Waals surface area contributed by atoms with E-state index in [0.29, 0.717) is 12.8 Å². The maximum atomic E-state index is 12.3. The van der Waals surface area contributed by atoms with Gasteiger partial charge in [-0.3, -0.25) is 9.59 Å². The molecule has 0 fully saturated rings. The Balaban J connectivity index is 3.51. The van der Waals surface area contributed by atoms with Crippen molar-refractivity contribution in [1.82, 2.24) is 0 Å². The van der Waals surface area contributed by atoms with Crippen molar-refractivity contribution < 1.29 is 24.2 Å². The highest BCUT2D eigenvalue weighted by molar-refractivity contribution is 5.70. The molecule has 0 amide bonds. The van der Waals surface area contributed by atoms with Crippen molar-refractivity contribution >= 4 is 11.9 Å². The summed E-state index contributed by atoms with van der Waals surface area (Å²) < 4.78 is 10.7. The van der Waals surface area contributed by atoms with Crippen molar-refractivity contribution in [2.45, 2.75) is 264 Å². The van der Waals surface area contributed by atoms with Gasteiger partial charge >= 0.3 is 11.9 Å². The molecule has 1 unspecified atom stereocenters. The molecule has 0 aromatic carbocycles. The predicted molar refractivity (Wildman–Crippen MR) is 279 cm³/mol. The molecule has 0 aliphatic rings. The summed E-state index contributed by atoms with van der Waals surface area (Å²) in [7, 11) is 0. The van der Waals surface area contributed by atoms with Crippen LogP contribution in [0.25, 0.3) is 0 Å². The van der Waals surface area contributed by atoms with Crippen molar-refractivity contribution in [2.75, 3.05) is 13.2 Å². The molecule has 5 nitrogen and oxygen atoms in total. The van der Waals surface area contributed by atoms with E-state index in [1.54, 1.807) is 0 Å². The number of carbonyl (C=O) groups excluding carboxylic acids is 2. The Morgan fingerprint density at radius 2 is 0.672 bits per heavy atom. The van der Waals surface area contributed by atoms with Crippen LogP contribution < -0.4 is 0 Å². The second-order valence-corrected chi connectivity index (χ2v) is 17.9. The lowest BCUT2D eigenvalue weighted by molar-refractivity contribution is -0.161. The van der Waals surface area contributed by atoms with Gasteiger partial charge in [0.1, 0.15) is 6.61 Å². The van der Waals surface area contributed by atoms with Crippen LogP contribution >= 0.6 is 0 Å². The summed E-state index contributed by atoms with van der Waals surface area (Å²) in [6.07, 6.45) is 75.5. The summed E-state index contributed by atoms with van der Waals surface area (Å²) in [5.74, 6) is -0.585. The third-order valence-electron chi connectivity index (χ3n) is 11.7. The van der Waals surface area contributed by atoms with E-state index in [1.807, 2.05) is 0 Å². The average molecular weight is 891 g/mol. The number of unbranched alkanes of at least 4 members (excludes halogenated alkanes) is 27. The van der Waals surface area contributed by atoms with E-state index in [0.717, 1.165) is 83.5 Å². The molecule has 368 valence electrons. The maximum Gasteiger partial charge on any atom is 0.306 e. The second-order valence-electron chi connectivity index (χ2n) is 17.9. The molecule has 0 aromatic rings. The molecule has 0 heterocycles. The summed E-state index contributed by atoms with van der Waals surface area (Å²) >= 11 is 0. The Hall–Kier alpha value is -2.92. The smallest absolute Gasteiger partial charge is 0.306 e. The zero-order valence-electron chi connectivity index (χ0n) is 42.0. The Morgan fingerprint density at radius 1 is 0.375 bits per heavy atom. The highest BCUT2D eigenvalue weighted by Crippen LogP contribution is 2.16. The van der Waals surface area contributed by atoms with Crippen LogP contribution in [-0.4, -0.2) is 36.4 Å². The van der Waals surface area contributed by atoms with Gasteiger partial charge in [-0.2, -0.15) is 0 Å². The fourth-order valence-electron chi connectivity index (χ4n) is 7.65. The minimum absolute atomic E-state index is 0.0652. The van der Waals surface area contributed by atoms with E-state index in [4.69, 9.17) is 9.47 Å². The van der Waals surface area contributed by atoms with Crippen LogP contribution in [0, 0.1) is 0 Å². The quantitative estimate of drug-likeness (QED) is 0.0374. The molecule has 0 bridgehead atoms. The number of carbonyl (C=O) groups is 2. The Kier molecular flexibility index (Phi) is 51.9. The summed E-state index contributed by atoms with van der Waals surface area (Å²) in [5.41, 5.74) is 0. The summed E-state index contributed by atoms with van der Waals surface area (Å²) in [6, 6.07) is 0. The van der Waals surface area contributed by atoms with Gasteiger partial charge in [0.05, 0.1) is 6.61 Å². The first-order valence-electron chi connectivity index (χ1n) is 27.1. The van der Waals surface area contributed by atoms with Crippen molar-refractivity contribution in [3.05, 3.63) is 85.1 Å². The second kappa shape index (κ2) is 54.4. The van der Waals surface area contributed by atoms with Crippen molar-refractivity contribution in [2.24, 2.45) is 0 Å². The van der Waals surface area contributed by atoms with Gasteiger partial charge in [0.25, 0.3) is 0 Å². The van der Waals surface area contributed by atoms with Crippen molar-refractivity contribution in [3.63, 3.8) is 0 Å². The monoisotopic (exact) mass is 891 g/mol. The number of rotatable bonds is 49. The topological polar surface area (TPSA) is 72.8 Å². The van der Waals surface area contributed by atoms with E-state index < -0.39 is 6.10 Å². The van der Waals surface area contributed by atoms with E-state index in [-0.39, 0.29) is 25.2 Å². The highest BCUT2D eigenvalue weighted by atomic mass is 16.6. The van der Waals surface area contributed by atoms with Crippen molar-refractivity contribution in [3.8, 4) is 0 Å². The van der Waals surface area contributed by atoms with Crippen LogP contribution in [0.4, 0.5) is 0 Å². The molecule has 0 aliphatic heterocycles. The number of aliphatic hydroxyl groups excluding tert-OH is 1. The summed E-state index contributed by atoms with van der Waals surface area (Å²) in [5, 5.41) is 9.63. The fraction of sp³-hybridized carbons (Fsp3) is 0.729. The van der Waals surface area contributed by atoms with E-state index in [1.165, 1.54) is 148 Å². The molecule has 1 N–H and O–H groups in total. The van der Waals surface area contributed by atoms with Crippen LogP contribution in [0.3, 0.4) is 0 Å². The number of hydrogen-bond donors (Lipinski definition) is 1. The normalized spacial score (nSPS) is 12.9. The molecule has 0 rings (SSSR count). The zero-order chi connectivity index (χ0) is 46.3. The van der Waals surface area contributed by atoms with E-state index >= 15 is 0 Å². The number of hydrogen-bond acceptors (Lipinski definition) is 5. The third kappa shape index (κ3) is 51.7. The first-order chi connectivity index (χ1) is 31.6.